The highest BCUT2D eigenvalue weighted by atomic mass is 19.1. The van der Waals surface area contributed by atoms with Crippen LogP contribution in [0, 0.1) is 24.6 Å². The number of carbonyl (C=O) groups excluding carboxylic acids is 1. The minimum absolute atomic E-state index is 0.0245. The number of nitrogens with zero attached hydrogens (tertiary/aromatic N) is 2. The molecular weight excluding hydrogens is 357 g/mol. The van der Waals surface area contributed by atoms with Crippen molar-refractivity contribution >= 4 is 22.6 Å². The van der Waals surface area contributed by atoms with Gasteiger partial charge in [-0.1, -0.05) is 24.8 Å². The molecule has 28 heavy (non-hydrogen) atoms. The lowest BCUT2D eigenvalue weighted by atomic mass is 10.1. The third-order valence-electron chi connectivity index (χ3n) is 4.00. The van der Waals surface area contributed by atoms with Gasteiger partial charge in [0, 0.05) is 12.6 Å². The molecule has 0 atom stereocenters. The summed E-state index contributed by atoms with van der Waals surface area (Å²) in [5.74, 6) is 4.66. The van der Waals surface area contributed by atoms with Gasteiger partial charge in [0.05, 0.1) is 16.7 Å². The van der Waals surface area contributed by atoms with E-state index in [2.05, 4.69) is 27.1 Å². The van der Waals surface area contributed by atoms with Gasteiger partial charge in [-0.15, -0.1) is 0 Å². The van der Waals surface area contributed by atoms with Crippen LogP contribution in [0.25, 0.3) is 11.0 Å². The number of unbranched alkanes of at least 4 members (excludes halogenated alkanes) is 1. The van der Waals surface area contributed by atoms with Crippen LogP contribution in [0.4, 0.5) is 10.1 Å². The average Bonchev–Trinajstić information content (AvgIpc) is 2.69. The number of pyridine rings is 2. The molecule has 0 aliphatic rings. The minimum Gasteiger partial charge on any atom is -0.478 e. The zero-order valence-electron chi connectivity index (χ0n) is 15.8. The fraction of sp³-hybridized carbons (Fsp3) is 0.227. The largest absolute Gasteiger partial charge is 0.478 e. The number of aryl methyl sites for hydroxylation is 1. The summed E-state index contributed by atoms with van der Waals surface area (Å²) in [6.45, 7) is 3.89. The van der Waals surface area contributed by atoms with Crippen molar-refractivity contribution in [3.63, 3.8) is 0 Å². The number of rotatable bonds is 5. The smallest absolute Gasteiger partial charge is 0.274 e. The van der Waals surface area contributed by atoms with Gasteiger partial charge < -0.3 is 10.1 Å². The number of aromatic nitrogens is 2. The van der Waals surface area contributed by atoms with Crippen molar-refractivity contribution in [3.8, 4) is 17.6 Å². The Labute approximate surface area is 163 Å². The molecule has 1 aromatic carbocycles. The summed E-state index contributed by atoms with van der Waals surface area (Å²) in [5, 5.41) is 2.57. The molecule has 2 aromatic heterocycles. The maximum absolute atomic E-state index is 14.7. The average molecular weight is 377 g/mol. The molecule has 0 bridgehead atoms. The molecule has 0 aliphatic heterocycles. The minimum atomic E-state index is -0.645. The maximum Gasteiger partial charge on any atom is 0.274 e. The van der Waals surface area contributed by atoms with Crippen LogP contribution in [0.5, 0.6) is 5.75 Å². The van der Waals surface area contributed by atoms with Crippen LogP contribution < -0.4 is 10.1 Å². The topological polar surface area (TPSA) is 64.1 Å². The Morgan fingerprint density at radius 1 is 1.21 bits per heavy atom. The molecule has 6 heteroatoms. The predicted molar refractivity (Wildman–Crippen MR) is 107 cm³/mol. The van der Waals surface area contributed by atoms with E-state index in [1.807, 2.05) is 6.92 Å². The Hall–Kier alpha value is -3.46. The number of anilines is 1. The fourth-order valence-corrected chi connectivity index (χ4v) is 2.61. The van der Waals surface area contributed by atoms with Gasteiger partial charge in [-0.2, -0.15) is 0 Å². The van der Waals surface area contributed by atoms with E-state index < -0.39 is 11.7 Å². The van der Waals surface area contributed by atoms with E-state index in [0.29, 0.717) is 16.6 Å². The van der Waals surface area contributed by atoms with Gasteiger partial charge >= 0.3 is 0 Å². The van der Waals surface area contributed by atoms with Crippen molar-refractivity contribution in [2.45, 2.75) is 26.7 Å². The van der Waals surface area contributed by atoms with E-state index in [1.165, 1.54) is 12.1 Å². The zero-order valence-corrected chi connectivity index (χ0v) is 15.8. The summed E-state index contributed by atoms with van der Waals surface area (Å²) in [7, 11) is 0. The number of carbonyl (C=O) groups is 1. The second-order valence-corrected chi connectivity index (χ2v) is 6.16. The zero-order chi connectivity index (χ0) is 19.9. The Bertz CT molecular complexity index is 1070. The predicted octanol–water partition coefficient (Wildman–Crippen LogP) is 4.51. The van der Waals surface area contributed by atoms with E-state index in [-0.39, 0.29) is 23.7 Å². The summed E-state index contributed by atoms with van der Waals surface area (Å²) in [6, 6.07) is 9.88. The van der Waals surface area contributed by atoms with Crippen LogP contribution in [0.1, 0.15) is 35.8 Å². The fourth-order valence-electron chi connectivity index (χ4n) is 2.61. The van der Waals surface area contributed by atoms with E-state index in [4.69, 9.17) is 4.74 Å². The van der Waals surface area contributed by atoms with E-state index in [9.17, 15) is 9.18 Å². The van der Waals surface area contributed by atoms with Gasteiger partial charge in [-0.25, -0.2) is 9.37 Å². The quantitative estimate of drug-likeness (QED) is 0.665. The van der Waals surface area contributed by atoms with Crippen molar-refractivity contribution in [2.24, 2.45) is 0 Å². The Kier molecular flexibility index (Phi) is 6.18. The first kappa shape index (κ1) is 19.3. The van der Waals surface area contributed by atoms with Gasteiger partial charge in [0.15, 0.2) is 11.6 Å². The monoisotopic (exact) mass is 377 g/mol. The van der Waals surface area contributed by atoms with Gasteiger partial charge in [0.1, 0.15) is 12.3 Å². The molecule has 0 spiro atoms. The molecular formula is C22H20FN3O2. The van der Waals surface area contributed by atoms with Crippen molar-refractivity contribution < 1.29 is 13.9 Å². The molecule has 142 valence electrons. The highest BCUT2D eigenvalue weighted by Crippen LogP contribution is 2.25. The van der Waals surface area contributed by atoms with Crippen LogP contribution in [0.2, 0.25) is 0 Å². The lowest BCUT2D eigenvalue weighted by Crippen LogP contribution is -2.16. The van der Waals surface area contributed by atoms with Crippen LogP contribution >= 0.6 is 0 Å². The second-order valence-electron chi connectivity index (χ2n) is 6.16. The van der Waals surface area contributed by atoms with Crippen molar-refractivity contribution in [1.82, 2.24) is 9.97 Å². The van der Waals surface area contributed by atoms with Crippen molar-refractivity contribution in [1.29, 1.82) is 0 Å². The molecule has 0 fully saturated rings. The molecule has 1 amide bonds. The number of fused-ring (bicyclic) bond motifs is 1. The molecule has 2 heterocycles. The molecule has 3 rings (SSSR count). The number of hydrogen-bond donors (Lipinski definition) is 1. The lowest BCUT2D eigenvalue weighted by molar-refractivity contribution is 0.102. The molecule has 3 aromatic rings. The van der Waals surface area contributed by atoms with E-state index >= 15 is 0 Å². The van der Waals surface area contributed by atoms with Gasteiger partial charge in [-0.05, 0) is 49.2 Å². The van der Waals surface area contributed by atoms with E-state index in [1.54, 1.807) is 37.4 Å². The molecule has 0 saturated heterocycles. The first-order chi connectivity index (χ1) is 13.6. The Balaban J connectivity index is 1.78. The van der Waals surface area contributed by atoms with Gasteiger partial charge in [0.25, 0.3) is 5.91 Å². The summed E-state index contributed by atoms with van der Waals surface area (Å²) in [4.78, 5) is 21.2. The standard InChI is InChI=1S/C22H20FN3O2/c1-3-4-5-6-13-28-19-11-7-9-17(20(19)23)26-22(27)21-15(2)14-18-16(25-21)10-8-12-24-18/h7-12,14H,3-4,13H2,1-2H3,(H,26,27). The third-order valence-corrected chi connectivity index (χ3v) is 4.00. The molecule has 0 radical (unpaired) electrons. The molecule has 0 unspecified atom stereocenters. The lowest BCUT2D eigenvalue weighted by Gasteiger charge is -2.11. The molecule has 5 nitrogen and oxygen atoms in total. The van der Waals surface area contributed by atoms with Crippen LogP contribution in [-0.2, 0) is 0 Å². The number of halogens is 1. The van der Waals surface area contributed by atoms with Crippen molar-refractivity contribution in [2.75, 3.05) is 11.9 Å². The summed E-state index contributed by atoms with van der Waals surface area (Å²) < 4.78 is 20.0. The molecule has 1 N–H and O–H groups in total. The van der Waals surface area contributed by atoms with Crippen LogP contribution in [0.15, 0.2) is 42.6 Å². The summed E-state index contributed by atoms with van der Waals surface area (Å²) >= 11 is 0. The summed E-state index contributed by atoms with van der Waals surface area (Å²) in [5.41, 5.74) is 2.19. The molecule has 0 aliphatic carbocycles. The van der Waals surface area contributed by atoms with Gasteiger partial charge in [-0.3, -0.25) is 9.78 Å². The maximum atomic E-state index is 14.7. The molecule has 0 saturated carbocycles. The SMILES string of the molecule is CCCC#CCOc1cccc(NC(=O)c2nc3cccnc3cc2C)c1F. The number of nitrogens with one attached hydrogen (secondary N) is 1. The normalized spacial score (nSPS) is 10.2. The first-order valence-electron chi connectivity index (χ1n) is 9.01. The Morgan fingerprint density at radius 2 is 2.07 bits per heavy atom. The Morgan fingerprint density at radius 3 is 2.89 bits per heavy atom. The highest BCUT2D eigenvalue weighted by molar-refractivity contribution is 6.05. The first-order valence-corrected chi connectivity index (χ1v) is 9.01. The third kappa shape index (κ3) is 4.44. The second kappa shape index (κ2) is 8.96. The van der Waals surface area contributed by atoms with Gasteiger partial charge in [0.2, 0.25) is 0 Å². The van der Waals surface area contributed by atoms with Crippen molar-refractivity contribution in [3.05, 3.63) is 59.7 Å². The highest BCUT2D eigenvalue weighted by Gasteiger charge is 2.16. The number of ether oxygens (including phenoxy) is 1. The van der Waals surface area contributed by atoms with E-state index in [0.717, 1.165) is 12.8 Å². The number of amides is 1. The number of benzene rings is 1. The van der Waals surface area contributed by atoms with Crippen LogP contribution in [0.3, 0.4) is 0 Å². The number of hydrogen-bond acceptors (Lipinski definition) is 4. The summed E-state index contributed by atoms with van der Waals surface area (Å²) in [6.07, 6.45) is 3.40. The van der Waals surface area contributed by atoms with Crippen LogP contribution in [-0.4, -0.2) is 22.5 Å².